The van der Waals surface area contributed by atoms with Gasteiger partial charge in [0.1, 0.15) is 5.84 Å². The average molecular weight is 288 g/mol. The first-order valence-electron chi connectivity index (χ1n) is 7.69. The molecular formula is C17H28N4. The van der Waals surface area contributed by atoms with Gasteiger partial charge in [0.15, 0.2) is 0 Å². The Labute approximate surface area is 128 Å². The normalized spacial score (nSPS) is 17.9. The largest absolute Gasteiger partial charge is 0.384 e. The Balaban J connectivity index is 1.96. The molecule has 0 saturated carbocycles. The Bertz CT molecular complexity index is 508. The first-order valence-corrected chi connectivity index (χ1v) is 7.69. The Morgan fingerprint density at radius 1 is 1.19 bits per heavy atom. The minimum atomic E-state index is 0.142. The number of aryl methyl sites for hydroxylation is 1. The topological polar surface area (TPSA) is 56.4 Å². The number of rotatable bonds is 3. The van der Waals surface area contributed by atoms with Crippen LogP contribution in [0.4, 0.5) is 0 Å². The second kappa shape index (κ2) is 6.16. The zero-order valence-electron chi connectivity index (χ0n) is 13.7. The van der Waals surface area contributed by atoms with Gasteiger partial charge in [-0.25, -0.2) is 0 Å². The molecule has 0 amide bonds. The predicted molar refractivity (Wildman–Crippen MR) is 88.8 cm³/mol. The molecule has 0 atom stereocenters. The number of hydrogen-bond acceptors (Lipinski definition) is 3. The lowest BCUT2D eigenvalue weighted by molar-refractivity contribution is 0.0590. The summed E-state index contributed by atoms with van der Waals surface area (Å²) in [6.45, 7) is 14.4. The molecule has 1 fully saturated rings. The number of piperazine rings is 1. The van der Waals surface area contributed by atoms with E-state index in [4.69, 9.17) is 11.1 Å². The van der Waals surface area contributed by atoms with Crippen molar-refractivity contribution in [1.29, 1.82) is 5.41 Å². The molecule has 0 spiro atoms. The summed E-state index contributed by atoms with van der Waals surface area (Å²) < 4.78 is 0. The third-order valence-electron chi connectivity index (χ3n) is 4.37. The van der Waals surface area contributed by atoms with Gasteiger partial charge < -0.3 is 5.73 Å². The third-order valence-corrected chi connectivity index (χ3v) is 4.37. The molecule has 3 N–H and O–H groups in total. The predicted octanol–water partition coefficient (Wildman–Crippen LogP) is 2.20. The highest BCUT2D eigenvalue weighted by Crippen LogP contribution is 2.18. The van der Waals surface area contributed by atoms with Gasteiger partial charge in [0.2, 0.25) is 0 Å². The number of nitrogens with one attached hydrogen (secondary N) is 1. The number of nitrogens with two attached hydrogens (primary N) is 1. The summed E-state index contributed by atoms with van der Waals surface area (Å²) in [5, 5.41) is 7.50. The summed E-state index contributed by atoms with van der Waals surface area (Å²) in [5.41, 5.74) is 9.18. The molecule has 1 saturated heterocycles. The van der Waals surface area contributed by atoms with Crippen LogP contribution < -0.4 is 5.73 Å². The van der Waals surface area contributed by atoms with Crippen LogP contribution in [0.15, 0.2) is 18.2 Å². The van der Waals surface area contributed by atoms with Gasteiger partial charge in [-0.3, -0.25) is 15.2 Å². The number of nitrogens with zero attached hydrogens (tertiary/aromatic N) is 2. The number of hydrogen-bond donors (Lipinski definition) is 2. The van der Waals surface area contributed by atoms with Crippen molar-refractivity contribution in [2.45, 2.75) is 39.8 Å². The Morgan fingerprint density at radius 3 is 2.29 bits per heavy atom. The Morgan fingerprint density at radius 2 is 1.81 bits per heavy atom. The fourth-order valence-corrected chi connectivity index (χ4v) is 2.86. The number of nitrogen functional groups attached to an aromatic ring is 1. The van der Waals surface area contributed by atoms with Gasteiger partial charge in [0, 0.05) is 43.8 Å². The maximum atomic E-state index is 7.50. The first-order chi connectivity index (χ1) is 9.77. The van der Waals surface area contributed by atoms with Crippen molar-refractivity contribution in [1.82, 2.24) is 9.80 Å². The number of benzene rings is 1. The molecule has 1 heterocycles. The van der Waals surface area contributed by atoms with E-state index in [1.54, 1.807) is 0 Å². The van der Waals surface area contributed by atoms with Crippen molar-refractivity contribution >= 4 is 5.84 Å². The van der Waals surface area contributed by atoms with Crippen molar-refractivity contribution in [3.05, 3.63) is 34.9 Å². The van der Waals surface area contributed by atoms with E-state index < -0.39 is 0 Å². The van der Waals surface area contributed by atoms with Crippen molar-refractivity contribution in [2.24, 2.45) is 5.73 Å². The summed E-state index contributed by atoms with van der Waals surface area (Å²) >= 11 is 0. The van der Waals surface area contributed by atoms with E-state index in [2.05, 4.69) is 43.6 Å². The van der Waals surface area contributed by atoms with Crippen molar-refractivity contribution in [3.63, 3.8) is 0 Å². The summed E-state index contributed by atoms with van der Waals surface area (Å²) in [7, 11) is 0. The van der Waals surface area contributed by atoms with Crippen LogP contribution in [0, 0.1) is 12.3 Å². The van der Waals surface area contributed by atoms with E-state index in [-0.39, 0.29) is 11.4 Å². The van der Waals surface area contributed by atoms with Crippen molar-refractivity contribution < 1.29 is 0 Å². The molecule has 0 radical (unpaired) electrons. The van der Waals surface area contributed by atoms with Crippen LogP contribution >= 0.6 is 0 Å². The molecular weight excluding hydrogens is 260 g/mol. The van der Waals surface area contributed by atoms with E-state index in [0.29, 0.717) is 0 Å². The molecule has 0 bridgehead atoms. The third kappa shape index (κ3) is 4.05. The van der Waals surface area contributed by atoms with Crippen molar-refractivity contribution in [2.75, 3.05) is 26.2 Å². The van der Waals surface area contributed by atoms with Gasteiger partial charge in [-0.05, 0) is 44.9 Å². The van der Waals surface area contributed by atoms with Crippen LogP contribution in [-0.4, -0.2) is 47.4 Å². The molecule has 1 aromatic carbocycles. The van der Waals surface area contributed by atoms with Crippen LogP contribution in [0.5, 0.6) is 0 Å². The lowest BCUT2D eigenvalue weighted by Crippen LogP contribution is -2.53. The van der Waals surface area contributed by atoms with E-state index in [9.17, 15) is 0 Å². The summed E-state index contributed by atoms with van der Waals surface area (Å²) in [4.78, 5) is 5.06. The molecule has 0 aliphatic carbocycles. The quantitative estimate of drug-likeness (QED) is 0.662. The summed E-state index contributed by atoms with van der Waals surface area (Å²) in [5.74, 6) is 0.142. The first kappa shape index (κ1) is 16.0. The maximum absolute atomic E-state index is 7.50. The van der Waals surface area contributed by atoms with Gasteiger partial charge in [0.25, 0.3) is 0 Å². The van der Waals surface area contributed by atoms with E-state index >= 15 is 0 Å². The fraction of sp³-hybridized carbons (Fsp3) is 0.588. The molecule has 0 aromatic heterocycles. The second-order valence-electron chi connectivity index (χ2n) is 6.99. The van der Waals surface area contributed by atoms with Gasteiger partial charge >= 0.3 is 0 Å². The minimum Gasteiger partial charge on any atom is -0.384 e. The highest BCUT2D eigenvalue weighted by Gasteiger charge is 2.25. The van der Waals surface area contributed by atoms with Crippen LogP contribution in [0.2, 0.25) is 0 Å². The van der Waals surface area contributed by atoms with E-state index in [0.717, 1.165) is 38.3 Å². The van der Waals surface area contributed by atoms with Gasteiger partial charge in [-0.15, -0.1) is 0 Å². The van der Waals surface area contributed by atoms with Crippen LogP contribution in [0.1, 0.15) is 37.5 Å². The van der Waals surface area contributed by atoms with Crippen LogP contribution in [0.3, 0.4) is 0 Å². The molecule has 4 nitrogen and oxygen atoms in total. The zero-order chi connectivity index (χ0) is 15.6. The van der Waals surface area contributed by atoms with Crippen LogP contribution in [0.25, 0.3) is 0 Å². The molecule has 1 aromatic rings. The van der Waals surface area contributed by atoms with Crippen LogP contribution in [-0.2, 0) is 6.54 Å². The highest BCUT2D eigenvalue weighted by molar-refractivity contribution is 5.95. The molecule has 0 unspecified atom stereocenters. The van der Waals surface area contributed by atoms with Gasteiger partial charge in [-0.1, -0.05) is 12.1 Å². The van der Waals surface area contributed by atoms with Crippen molar-refractivity contribution in [3.8, 4) is 0 Å². The smallest absolute Gasteiger partial charge is 0.122 e. The summed E-state index contributed by atoms with van der Waals surface area (Å²) in [6, 6.07) is 6.08. The monoisotopic (exact) mass is 288 g/mol. The summed E-state index contributed by atoms with van der Waals surface area (Å²) in [6.07, 6.45) is 0. The van der Waals surface area contributed by atoms with E-state index in [1.807, 2.05) is 12.1 Å². The SMILES string of the molecule is Cc1cc(C(=N)N)ccc1CN1CCN(C(C)(C)C)CC1. The molecule has 1 aliphatic heterocycles. The zero-order valence-corrected chi connectivity index (χ0v) is 13.7. The number of amidine groups is 1. The molecule has 116 valence electrons. The second-order valence-corrected chi connectivity index (χ2v) is 6.99. The standard InChI is InChI=1S/C17H28N4/c1-13-11-14(16(18)19)5-6-15(13)12-20-7-9-21(10-8-20)17(2,3)4/h5-6,11H,7-10,12H2,1-4H3,(H3,18,19). The lowest BCUT2D eigenvalue weighted by Gasteiger charge is -2.42. The molecule has 2 rings (SSSR count). The maximum Gasteiger partial charge on any atom is 0.122 e. The highest BCUT2D eigenvalue weighted by atomic mass is 15.3. The minimum absolute atomic E-state index is 0.142. The van der Waals surface area contributed by atoms with Gasteiger partial charge in [0.05, 0.1) is 0 Å². The average Bonchev–Trinajstić information content (AvgIpc) is 2.40. The molecule has 4 heteroatoms. The fourth-order valence-electron chi connectivity index (χ4n) is 2.86. The Hall–Kier alpha value is -1.39. The van der Waals surface area contributed by atoms with Gasteiger partial charge in [-0.2, -0.15) is 0 Å². The lowest BCUT2D eigenvalue weighted by atomic mass is 10.0. The molecule has 21 heavy (non-hydrogen) atoms. The Kier molecular flexibility index (Phi) is 4.69. The molecule has 1 aliphatic rings. The van der Waals surface area contributed by atoms with E-state index in [1.165, 1.54) is 11.1 Å².